The Morgan fingerprint density at radius 2 is 1.74 bits per heavy atom. The van der Waals surface area contributed by atoms with Crippen LogP contribution in [-0.2, 0) is 16.1 Å². The first-order valence-electron chi connectivity index (χ1n) is 12.6. The third kappa shape index (κ3) is 5.60. The minimum absolute atomic E-state index is 0.110. The van der Waals surface area contributed by atoms with Gasteiger partial charge in [-0.15, -0.1) is 0 Å². The van der Waals surface area contributed by atoms with Crippen molar-refractivity contribution >= 4 is 28.5 Å². The lowest BCUT2D eigenvalue weighted by Gasteiger charge is -2.28. The van der Waals surface area contributed by atoms with Crippen molar-refractivity contribution in [1.82, 2.24) is 14.9 Å². The van der Waals surface area contributed by atoms with E-state index in [1.165, 1.54) is 10.8 Å². The van der Waals surface area contributed by atoms with Crippen molar-refractivity contribution in [2.75, 3.05) is 37.7 Å². The summed E-state index contributed by atoms with van der Waals surface area (Å²) in [5.41, 5.74) is 2.82. The first-order chi connectivity index (χ1) is 18.9. The van der Waals surface area contributed by atoms with E-state index in [0.29, 0.717) is 29.9 Å². The number of pyridine rings is 2. The third-order valence-corrected chi connectivity index (χ3v) is 6.70. The lowest BCUT2D eigenvalue weighted by atomic mass is 10.0. The number of rotatable bonds is 8. The SMILES string of the molecule is O=C(O)CCNC(=O)c1ncc2c(cc(-c3ccc(N4CCOCC4)cc3)c(=O)n2Cc2ccccc2)c1O. The molecule has 10 heteroatoms. The van der Waals surface area contributed by atoms with Gasteiger partial charge < -0.3 is 29.7 Å². The smallest absolute Gasteiger partial charge is 0.305 e. The van der Waals surface area contributed by atoms with Crippen molar-refractivity contribution in [2.24, 2.45) is 0 Å². The minimum Gasteiger partial charge on any atom is -0.505 e. The summed E-state index contributed by atoms with van der Waals surface area (Å²) in [5.74, 6) is -2.14. The topological polar surface area (TPSA) is 134 Å². The van der Waals surface area contributed by atoms with Gasteiger partial charge in [0.2, 0.25) is 0 Å². The first kappa shape index (κ1) is 25.9. The van der Waals surface area contributed by atoms with E-state index in [1.807, 2.05) is 54.6 Å². The van der Waals surface area contributed by atoms with Crippen LogP contribution >= 0.6 is 0 Å². The third-order valence-electron chi connectivity index (χ3n) is 6.70. The molecule has 1 saturated heterocycles. The van der Waals surface area contributed by atoms with Crippen LogP contribution in [0.3, 0.4) is 0 Å². The molecule has 39 heavy (non-hydrogen) atoms. The number of amides is 1. The lowest BCUT2D eigenvalue weighted by molar-refractivity contribution is -0.136. The molecule has 0 radical (unpaired) electrons. The first-order valence-corrected chi connectivity index (χ1v) is 12.6. The summed E-state index contributed by atoms with van der Waals surface area (Å²) in [4.78, 5) is 43.6. The van der Waals surface area contributed by atoms with E-state index in [9.17, 15) is 19.5 Å². The zero-order chi connectivity index (χ0) is 27.4. The summed E-state index contributed by atoms with van der Waals surface area (Å²) in [6.45, 7) is 3.03. The number of hydrogen-bond acceptors (Lipinski definition) is 7. The molecule has 0 saturated carbocycles. The van der Waals surface area contributed by atoms with Crippen LogP contribution in [0.25, 0.3) is 22.0 Å². The van der Waals surface area contributed by atoms with Gasteiger partial charge in [-0.3, -0.25) is 14.4 Å². The number of carbonyl (C=O) groups excluding carboxylic acids is 1. The number of aromatic hydroxyl groups is 1. The fraction of sp³-hybridized carbons (Fsp3) is 0.241. The Bertz CT molecular complexity index is 1560. The average molecular weight is 529 g/mol. The van der Waals surface area contributed by atoms with E-state index in [1.54, 1.807) is 6.07 Å². The van der Waals surface area contributed by atoms with Crippen LogP contribution in [0.2, 0.25) is 0 Å². The summed E-state index contributed by atoms with van der Waals surface area (Å²) < 4.78 is 6.97. The average Bonchev–Trinajstić information content (AvgIpc) is 2.95. The molecule has 4 aromatic rings. The van der Waals surface area contributed by atoms with Crippen molar-refractivity contribution in [2.45, 2.75) is 13.0 Å². The van der Waals surface area contributed by atoms with Gasteiger partial charge >= 0.3 is 5.97 Å². The fourth-order valence-corrected chi connectivity index (χ4v) is 4.66. The zero-order valence-corrected chi connectivity index (χ0v) is 21.2. The number of fused-ring (bicyclic) bond motifs is 1. The van der Waals surface area contributed by atoms with Gasteiger partial charge in [0.05, 0.1) is 37.9 Å². The summed E-state index contributed by atoms with van der Waals surface area (Å²) in [6, 6.07) is 18.7. The highest BCUT2D eigenvalue weighted by atomic mass is 16.5. The predicted molar refractivity (Wildman–Crippen MR) is 146 cm³/mol. The van der Waals surface area contributed by atoms with Crippen LogP contribution in [0.15, 0.2) is 71.7 Å². The zero-order valence-electron chi connectivity index (χ0n) is 21.2. The monoisotopic (exact) mass is 528 g/mol. The minimum atomic E-state index is -1.06. The predicted octanol–water partition coefficient (Wildman–Crippen LogP) is 2.86. The molecule has 2 aromatic heterocycles. The number of aliphatic carboxylic acids is 1. The number of carboxylic acids is 1. The number of aromatic nitrogens is 2. The van der Waals surface area contributed by atoms with Gasteiger partial charge in [0.15, 0.2) is 11.4 Å². The number of benzene rings is 2. The normalized spacial score (nSPS) is 13.4. The largest absolute Gasteiger partial charge is 0.505 e. The van der Waals surface area contributed by atoms with E-state index in [2.05, 4.69) is 15.2 Å². The Kier molecular flexibility index (Phi) is 7.55. The summed E-state index contributed by atoms with van der Waals surface area (Å²) in [7, 11) is 0. The molecule has 0 spiro atoms. The molecule has 10 nitrogen and oxygen atoms in total. The molecule has 0 unspecified atom stereocenters. The molecule has 1 fully saturated rings. The van der Waals surface area contributed by atoms with Crippen molar-refractivity contribution < 1.29 is 24.5 Å². The van der Waals surface area contributed by atoms with Crippen LogP contribution in [0.5, 0.6) is 5.75 Å². The molecular weight excluding hydrogens is 500 g/mol. The summed E-state index contributed by atoms with van der Waals surface area (Å²) in [5, 5.41) is 22.7. The second kappa shape index (κ2) is 11.4. The number of hydrogen-bond donors (Lipinski definition) is 3. The maximum absolute atomic E-state index is 13.8. The fourth-order valence-electron chi connectivity index (χ4n) is 4.66. The van der Waals surface area contributed by atoms with Crippen molar-refractivity contribution in [3.63, 3.8) is 0 Å². The quantitative estimate of drug-likeness (QED) is 0.318. The Morgan fingerprint density at radius 1 is 1.03 bits per heavy atom. The molecule has 5 rings (SSSR count). The molecule has 1 amide bonds. The van der Waals surface area contributed by atoms with E-state index in [0.717, 1.165) is 24.3 Å². The van der Waals surface area contributed by atoms with Gasteiger partial charge in [-0.1, -0.05) is 42.5 Å². The molecular formula is C29H28N4O6. The molecule has 200 valence electrons. The Morgan fingerprint density at radius 3 is 2.44 bits per heavy atom. The second-order valence-electron chi connectivity index (χ2n) is 9.24. The standard InChI is InChI=1S/C29H28N4O6/c34-25(35)10-11-30-28(37)26-27(36)23-16-22(20-6-8-21(9-7-20)32-12-14-39-15-13-32)29(38)33(24(23)17-31-26)18-19-4-2-1-3-5-19/h1-9,16-17,36H,10-15,18H2,(H,30,37)(H,34,35). The maximum Gasteiger partial charge on any atom is 0.305 e. The van der Waals surface area contributed by atoms with E-state index < -0.39 is 11.9 Å². The summed E-state index contributed by atoms with van der Waals surface area (Å²) >= 11 is 0. The van der Waals surface area contributed by atoms with Crippen molar-refractivity contribution in [3.8, 4) is 16.9 Å². The molecule has 3 heterocycles. The lowest BCUT2D eigenvalue weighted by Crippen LogP contribution is -2.36. The van der Waals surface area contributed by atoms with Crippen LogP contribution in [0, 0.1) is 0 Å². The number of morpholine rings is 1. The highest BCUT2D eigenvalue weighted by molar-refractivity contribution is 6.01. The van der Waals surface area contributed by atoms with E-state index in [-0.39, 0.29) is 41.9 Å². The molecule has 0 atom stereocenters. The van der Waals surface area contributed by atoms with Gasteiger partial charge in [0, 0.05) is 36.3 Å². The molecule has 1 aliphatic rings. The Hall–Kier alpha value is -4.70. The maximum atomic E-state index is 13.8. The highest BCUT2D eigenvalue weighted by Gasteiger charge is 2.21. The molecule has 0 aliphatic carbocycles. The van der Waals surface area contributed by atoms with Gasteiger partial charge in [0.25, 0.3) is 11.5 Å². The summed E-state index contributed by atoms with van der Waals surface area (Å²) in [6.07, 6.45) is 1.12. The van der Waals surface area contributed by atoms with Crippen molar-refractivity contribution in [3.05, 3.63) is 88.5 Å². The van der Waals surface area contributed by atoms with Crippen LogP contribution in [0.1, 0.15) is 22.5 Å². The van der Waals surface area contributed by atoms with E-state index in [4.69, 9.17) is 9.84 Å². The molecule has 2 aromatic carbocycles. The van der Waals surface area contributed by atoms with Gasteiger partial charge in [0.1, 0.15) is 0 Å². The van der Waals surface area contributed by atoms with Gasteiger partial charge in [-0.2, -0.15) is 0 Å². The van der Waals surface area contributed by atoms with Gasteiger partial charge in [-0.25, -0.2) is 4.98 Å². The number of carboxylic acid groups (broad SMARTS) is 1. The number of anilines is 1. The Labute approximate surface area is 224 Å². The molecule has 1 aliphatic heterocycles. The number of carbonyl (C=O) groups is 2. The van der Waals surface area contributed by atoms with Gasteiger partial charge in [-0.05, 0) is 29.3 Å². The Balaban J connectivity index is 1.59. The number of nitrogens with one attached hydrogen (secondary N) is 1. The van der Waals surface area contributed by atoms with Crippen molar-refractivity contribution in [1.29, 1.82) is 0 Å². The van der Waals surface area contributed by atoms with Crippen LogP contribution in [-0.4, -0.2) is 64.5 Å². The molecule has 0 bridgehead atoms. The van der Waals surface area contributed by atoms with Crippen LogP contribution < -0.4 is 15.8 Å². The number of ether oxygens (including phenoxy) is 1. The highest BCUT2D eigenvalue weighted by Crippen LogP contribution is 2.31. The molecule has 3 N–H and O–H groups in total. The second-order valence-corrected chi connectivity index (χ2v) is 9.24. The van der Waals surface area contributed by atoms with Crippen LogP contribution in [0.4, 0.5) is 5.69 Å². The van der Waals surface area contributed by atoms with E-state index >= 15 is 0 Å². The number of nitrogens with zero attached hydrogens (tertiary/aromatic N) is 3.